The molecule has 1 atom stereocenters. The molecule has 0 spiro atoms. The number of benzene rings is 3. The maximum Gasteiger partial charge on any atom is 0.338 e. The Kier molecular flexibility index (Phi) is 8.79. The van der Waals surface area contributed by atoms with Gasteiger partial charge in [-0.05, 0) is 55.2 Å². The van der Waals surface area contributed by atoms with Crippen molar-refractivity contribution < 1.29 is 14.3 Å². The van der Waals surface area contributed by atoms with Gasteiger partial charge in [-0.25, -0.2) is 9.79 Å². The fraction of sp³-hybridized carbons (Fsp3) is 0.156. The van der Waals surface area contributed by atoms with E-state index < -0.39 is 12.0 Å². The summed E-state index contributed by atoms with van der Waals surface area (Å²) in [4.78, 5) is 34.1. The van der Waals surface area contributed by atoms with Gasteiger partial charge in [0, 0.05) is 21.0 Å². The number of halogens is 1. The van der Waals surface area contributed by atoms with Crippen LogP contribution in [0.15, 0.2) is 93.1 Å². The average molecular weight is 601 g/mol. The second-order valence-corrected chi connectivity index (χ2v) is 11.2. The second kappa shape index (κ2) is 12.6. The molecule has 1 aliphatic rings. The molecule has 0 saturated carbocycles. The summed E-state index contributed by atoms with van der Waals surface area (Å²) >= 11 is 9.12. The van der Waals surface area contributed by atoms with Crippen molar-refractivity contribution in [3.63, 3.8) is 0 Å². The minimum absolute atomic E-state index is 0.0686. The number of nitrogens with zero attached hydrogens (tertiary/aromatic N) is 2. The first kappa shape index (κ1) is 28.5. The second-order valence-electron chi connectivity index (χ2n) is 8.88. The third kappa shape index (κ3) is 5.89. The first-order chi connectivity index (χ1) is 19.9. The van der Waals surface area contributed by atoms with E-state index in [2.05, 4.69) is 5.92 Å². The van der Waals surface area contributed by atoms with Crippen LogP contribution < -0.4 is 19.6 Å². The van der Waals surface area contributed by atoms with E-state index in [4.69, 9.17) is 32.5 Å². The van der Waals surface area contributed by atoms with Crippen molar-refractivity contribution in [1.82, 2.24) is 4.57 Å². The largest absolute Gasteiger partial charge is 0.480 e. The molecular formula is C32H25ClN2O4S2. The number of terminal acetylenes is 1. The lowest BCUT2D eigenvalue weighted by atomic mass is 9.93. The predicted molar refractivity (Wildman–Crippen MR) is 165 cm³/mol. The normalized spacial score (nSPS) is 14.7. The number of rotatable bonds is 8. The topological polar surface area (TPSA) is 69.9 Å². The van der Waals surface area contributed by atoms with Crippen LogP contribution in [-0.2, 0) is 9.53 Å². The molecule has 206 valence electrons. The van der Waals surface area contributed by atoms with Crippen LogP contribution in [0.4, 0.5) is 0 Å². The summed E-state index contributed by atoms with van der Waals surface area (Å²) in [6, 6.07) is 21.6. The molecule has 41 heavy (non-hydrogen) atoms. The number of thioether (sulfide) groups is 1. The Labute approximate surface area is 250 Å². The highest BCUT2D eigenvalue weighted by Gasteiger charge is 2.35. The first-order valence-electron chi connectivity index (χ1n) is 12.7. The third-order valence-corrected chi connectivity index (χ3v) is 8.34. The molecule has 2 heterocycles. The SMILES string of the molecule is C#CCOc1ccc(Cl)cc1/C=c1\sc2n(c1=O)[C@H](c1ccc(SC)cc1)C(C(=O)OCC)=C(c1ccccc1)N=2. The van der Waals surface area contributed by atoms with Crippen LogP contribution in [0, 0.1) is 12.3 Å². The van der Waals surface area contributed by atoms with Gasteiger partial charge in [-0.15, -0.1) is 18.2 Å². The lowest BCUT2D eigenvalue weighted by Gasteiger charge is -2.26. The number of thiazole rings is 1. The van der Waals surface area contributed by atoms with Crippen LogP contribution in [0.2, 0.25) is 5.02 Å². The van der Waals surface area contributed by atoms with E-state index in [1.54, 1.807) is 47.5 Å². The minimum Gasteiger partial charge on any atom is -0.480 e. The Hall–Kier alpha value is -4.03. The Balaban J connectivity index is 1.80. The zero-order valence-corrected chi connectivity index (χ0v) is 24.7. The van der Waals surface area contributed by atoms with Gasteiger partial charge < -0.3 is 9.47 Å². The zero-order chi connectivity index (χ0) is 28.9. The summed E-state index contributed by atoms with van der Waals surface area (Å²) in [6.45, 7) is 2.00. The quantitative estimate of drug-likeness (QED) is 0.155. The first-order valence-corrected chi connectivity index (χ1v) is 15.1. The highest BCUT2D eigenvalue weighted by atomic mass is 35.5. The van der Waals surface area contributed by atoms with Gasteiger partial charge in [0.2, 0.25) is 0 Å². The van der Waals surface area contributed by atoms with Crippen LogP contribution in [0.1, 0.15) is 29.7 Å². The summed E-state index contributed by atoms with van der Waals surface area (Å²) in [5, 5.41) is 0.486. The Bertz CT molecular complexity index is 1850. The molecule has 1 aliphatic heterocycles. The number of esters is 1. The van der Waals surface area contributed by atoms with E-state index in [1.807, 2.05) is 60.9 Å². The molecule has 0 aliphatic carbocycles. The van der Waals surface area contributed by atoms with Crippen molar-refractivity contribution in [3.8, 4) is 18.1 Å². The van der Waals surface area contributed by atoms with Crippen LogP contribution in [0.25, 0.3) is 11.8 Å². The molecule has 0 unspecified atom stereocenters. The Morgan fingerprint density at radius 3 is 2.61 bits per heavy atom. The fourth-order valence-corrected chi connectivity index (χ4v) is 6.15. The molecule has 0 N–H and O–H groups in total. The lowest BCUT2D eigenvalue weighted by Crippen LogP contribution is -2.40. The predicted octanol–water partition coefficient (Wildman–Crippen LogP) is 5.32. The summed E-state index contributed by atoms with van der Waals surface area (Å²) in [6.07, 6.45) is 9.10. The zero-order valence-electron chi connectivity index (χ0n) is 22.3. The van der Waals surface area contributed by atoms with Crippen molar-refractivity contribution in [3.05, 3.63) is 120 Å². The Morgan fingerprint density at radius 1 is 1.17 bits per heavy atom. The van der Waals surface area contributed by atoms with Crippen LogP contribution >= 0.6 is 34.7 Å². The highest BCUT2D eigenvalue weighted by molar-refractivity contribution is 7.98. The van der Waals surface area contributed by atoms with Crippen molar-refractivity contribution in [1.29, 1.82) is 0 Å². The molecule has 9 heteroatoms. The monoisotopic (exact) mass is 600 g/mol. The highest BCUT2D eigenvalue weighted by Crippen LogP contribution is 2.35. The summed E-state index contributed by atoms with van der Waals surface area (Å²) in [7, 11) is 0. The minimum atomic E-state index is -0.755. The van der Waals surface area contributed by atoms with Gasteiger partial charge in [0.05, 0.1) is 28.5 Å². The van der Waals surface area contributed by atoms with E-state index in [1.165, 1.54) is 11.3 Å². The standard InChI is InChI=1S/C32H25ClN2O4S2/c1-4-17-39-25-16-13-23(33)18-22(25)19-26-30(36)35-29(21-11-14-24(40-3)15-12-21)27(31(37)38-5-2)28(34-32(35)41-26)20-9-7-6-8-10-20/h1,6-16,18-19,29H,5,17H2,2-3H3/b26-19-/t29-/m1/s1. The number of carbonyl (C=O) groups excluding carboxylic acids is 1. The number of ether oxygens (including phenoxy) is 2. The average Bonchev–Trinajstić information content (AvgIpc) is 3.30. The molecular weight excluding hydrogens is 576 g/mol. The van der Waals surface area contributed by atoms with Crippen molar-refractivity contribution >= 4 is 52.4 Å². The van der Waals surface area contributed by atoms with Crippen molar-refractivity contribution in [2.45, 2.75) is 17.9 Å². The summed E-state index contributed by atoms with van der Waals surface area (Å²) in [5.41, 5.74) is 2.59. The molecule has 4 aromatic rings. The molecule has 3 aromatic carbocycles. The Morgan fingerprint density at radius 2 is 1.93 bits per heavy atom. The summed E-state index contributed by atoms with van der Waals surface area (Å²) in [5.74, 6) is 2.43. The number of hydrogen-bond acceptors (Lipinski definition) is 7. The molecule has 0 amide bonds. The van der Waals surface area contributed by atoms with Gasteiger partial charge in [-0.1, -0.05) is 71.3 Å². The number of fused-ring (bicyclic) bond motifs is 1. The number of carbonyl (C=O) groups is 1. The van der Waals surface area contributed by atoms with Gasteiger partial charge in [0.1, 0.15) is 12.4 Å². The molecule has 6 nitrogen and oxygen atoms in total. The van der Waals surface area contributed by atoms with E-state index >= 15 is 0 Å². The maximum atomic E-state index is 14.1. The third-order valence-electron chi connectivity index (χ3n) is 6.37. The maximum absolute atomic E-state index is 14.1. The number of aromatic nitrogens is 1. The lowest BCUT2D eigenvalue weighted by molar-refractivity contribution is -0.138. The van der Waals surface area contributed by atoms with Crippen LogP contribution in [0.3, 0.4) is 0 Å². The van der Waals surface area contributed by atoms with Crippen molar-refractivity contribution in [2.24, 2.45) is 4.99 Å². The molecule has 0 radical (unpaired) electrons. The summed E-state index contributed by atoms with van der Waals surface area (Å²) < 4.78 is 13.2. The van der Waals surface area contributed by atoms with Gasteiger partial charge >= 0.3 is 5.97 Å². The molecule has 5 rings (SSSR count). The van der Waals surface area contributed by atoms with Gasteiger partial charge in [0.15, 0.2) is 4.80 Å². The van der Waals surface area contributed by atoms with Gasteiger partial charge in [-0.2, -0.15) is 0 Å². The van der Waals surface area contributed by atoms with E-state index in [9.17, 15) is 9.59 Å². The molecule has 1 aromatic heterocycles. The van der Waals surface area contributed by atoms with E-state index in [0.29, 0.717) is 36.9 Å². The van der Waals surface area contributed by atoms with Gasteiger partial charge in [0.25, 0.3) is 5.56 Å². The van der Waals surface area contributed by atoms with E-state index in [-0.39, 0.29) is 18.8 Å². The van der Waals surface area contributed by atoms with Gasteiger partial charge in [-0.3, -0.25) is 9.36 Å². The smallest absolute Gasteiger partial charge is 0.338 e. The van der Waals surface area contributed by atoms with E-state index in [0.717, 1.165) is 16.0 Å². The molecule has 0 saturated heterocycles. The van der Waals surface area contributed by atoms with Crippen LogP contribution in [-0.4, -0.2) is 30.0 Å². The van der Waals surface area contributed by atoms with Crippen LogP contribution in [0.5, 0.6) is 5.75 Å². The molecule has 0 fully saturated rings. The molecule has 0 bridgehead atoms. The number of hydrogen-bond donors (Lipinski definition) is 0. The van der Waals surface area contributed by atoms with Crippen molar-refractivity contribution in [2.75, 3.05) is 19.5 Å². The fourth-order valence-electron chi connectivity index (χ4n) is 4.57.